The minimum atomic E-state index is -0.597. The van der Waals surface area contributed by atoms with Gasteiger partial charge >= 0.3 is 6.01 Å². The van der Waals surface area contributed by atoms with E-state index in [0.717, 1.165) is 43.1 Å². The van der Waals surface area contributed by atoms with Crippen molar-refractivity contribution in [3.05, 3.63) is 53.3 Å². The van der Waals surface area contributed by atoms with Crippen molar-refractivity contribution in [2.75, 3.05) is 51.8 Å². The van der Waals surface area contributed by atoms with Gasteiger partial charge in [0.2, 0.25) is 0 Å². The molecule has 0 radical (unpaired) electrons. The zero-order valence-corrected chi connectivity index (χ0v) is 22.4. The summed E-state index contributed by atoms with van der Waals surface area (Å²) in [5.41, 5.74) is 0.758. The average Bonchev–Trinajstić information content (AvgIpc) is 2.91. The Morgan fingerprint density at radius 2 is 1.97 bits per heavy atom. The summed E-state index contributed by atoms with van der Waals surface area (Å²) in [6.07, 6.45) is 2.58. The summed E-state index contributed by atoms with van der Waals surface area (Å²) >= 11 is 6.76. The number of hydrogen-bond donors (Lipinski definition) is 2. The van der Waals surface area contributed by atoms with Crippen LogP contribution in [-0.4, -0.2) is 72.0 Å². The van der Waals surface area contributed by atoms with Crippen molar-refractivity contribution in [2.24, 2.45) is 5.92 Å². The second-order valence-corrected chi connectivity index (χ2v) is 10.5. The number of nitrogens with zero attached hydrogens (tertiary/aromatic N) is 4. The fourth-order valence-corrected chi connectivity index (χ4v) is 5.46. The second-order valence-electron chi connectivity index (χ2n) is 10.1. The highest BCUT2D eigenvalue weighted by Crippen LogP contribution is 2.42. The minimum absolute atomic E-state index is 0.0194. The molecule has 4 aromatic rings. The van der Waals surface area contributed by atoms with E-state index in [4.69, 9.17) is 21.3 Å². The molecule has 0 saturated carbocycles. The van der Waals surface area contributed by atoms with Crippen molar-refractivity contribution in [1.29, 1.82) is 0 Å². The third-order valence-corrected chi connectivity index (χ3v) is 7.31. The van der Waals surface area contributed by atoms with Gasteiger partial charge in [-0.05, 0) is 73.8 Å². The third-order valence-electron chi connectivity index (χ3n) is 7.02. The smallest absolute Gasteiger partial charge is 0.319 e. The van der Waals surface area contributed by atoms with Crippen molar-refractivity contribution in [1.82, 2.24) is 14.9 Å². The Morgan fingerprint density at radius 3 is 2.76 bits per heavy atom. The molecule has 1 aromatic heterocycles. The maximum atomic E-state index is 16.5. The van der Waals surface area contributed by atoms with Crippen LogP contribution in [-0.2, 0) is 0 Å². The summed E-state index contributed by atoms with van der Waals surface area (Å²) in [6.45, 7) is 2.63. The van der Waals surface area contributed by atoms with E-state index in [1.165, 1.54) is 6.07 Å². The highest BCUT2D eigenvalue weighted by molar-refractivity contribution is 6.35. The molecule has 2 N–H and O–H groups in total. The number of aliphatic hydroxyl groups excluding tert-OH is 1. The molecule has 9 heteroatoms. The Bertz CT molecular complexity index is 1470. The largest absolute Gasteiger partial charge is 0.508 e. The first-order valence-electron chi connectivity index (χ1n) is 12.9. The number of fused-ring (bicyclic) bond motifs is 2. The van der Waals surface area contributed by atoms with Crippen LogP contribution in [0.2, 0.25) is 5.02 Å². The highest BCUT2D eigenvalue weighted by atomic mass is 35.5. The highest BCUT2D eigenvalue weighted by Gasteiger charge is 2.26. The van der Waals surface area contributed by atoms with E-state index >= 15 is 4.39 Å². The van der Waals surface area contributed by atoms with Crippen molar-refractivity contribution in [3.8, 4) is 22.9 Å². The Morgan fingerprint density at radius 1 is 1.16 bits per heavy atom. The SMILES string of the molecule is CN(C)CCCOc1nc(N2CCC[C@@H](CO)C2)c2cc(Cl)c(-c3cc(O)cc4ccccc34)c(F)c2n1. The van der Waals surface area contributed by atoms with Gasteiger partial charge in [-0.2, -0.15) is 9.97 Å². The molecule has 3 aromatic carbocycles. The lowest BCUT2D eigenvalue weighted by molar-refractivity contribution is 0.208. The standard InChI is InChI=1S/C29H32ClFN4O3/c1-34(2)10-6-12-38-29-32-27-23(28(33-29)35-11-5-7-18(16-35)17-36)15-24(30)25(26(27)31)22-14-20(37)13-19-8-3-4-9-21(19)22/h3-4,8-9,13-15,18,36-37H,5-7,10-12,16-17H2,1-2H3/t18-/m1/s1. The van der Waals surface area contributed by atoms with Crippen LogP contribution in [0.3, 0.4) is 0 Å². The molecule has 1 aliphatic heterocycles. The average molecular weight is 539 g/mol. The van der Waals surface area contributed by atoms with E-state index in [1.54, 1.807) is 12.1 Å². The van der Waals surface area contributed by atoms with Crippen LogP contribution in [0.1, 0.15) is 19.3 Å². The van der Waals surface area contributed by atoms with Crippen molar-refractivity contribution >= 4 is 39.1 Å². The van der Waals surface area contributed by atoms with E-state index in [9.17, 15) is 10.2 Å². The van der Waals surface area contributed by atoms with Gasteiger partial charge in [0.05, 0.1) is 11.6 Å². The molecule has 1 atom stereocenters. The normalized spacial score (nSPS) is 16.1. The van der Waals surface area contributed by atoms with Crippen LogP contribution in [0.15, 0.2) is 42.5 Å². The van der Waals surface area contributed by atoms with Gasteiger partial charge < -0.3 is 24.7 Å². The van der Waals surface area contributed by atoms with E-state index in [-0.39, 0.29) is 40.4 Å². The molecule has 1 aliphatic rings. The summed E-state index contributed by atoms with van der Waals surface area (Å²) in [4.78, 5) is 13.3. The number of ether oxygens (including phenoxy) is 1. The van der Waals surface area contributed by atoms with Gasteiger partial charge in [-0.3, -0.25) is 0 Å². The lowest BCUT2D eigenvalue weighted by Crippen LogP contribution is -2.37. The predicted molar refractivity (Wildman–Crippen MR) is 150 cm³/mol. The monoisotopic (exact) mass is 538 g/mol. The van der Waals surface area contributed by atoms with Crippen LogP contribution in [0.25, 0.3) is 32.8 Å². The van der Waals surface area contributed by atoms with E-state index in [1.807, 2.05) is 38.4 Å². The number of aromatic hydroxyl groups is 1. The van der Waals surface area contributed by atoms with Gasteiger partial charge in [0.1, 0.15) is 17.1 Å². The van der Waals surface area contributed by atoms with Gasteiger partial charge in [-0.25, -0.2) is 4.39 Å². The number of anilines is 1. The number of rotatable bonds is 8. The Labute approximate surface area is 226 Å². The van der Waals surface area contributed by atoms with Crippen LogP contribution in [0.5, 0.6) is 11.8 Å². The molecule has 1 fully saturated rings. The number of aromatic nitrogens is 2. The van der Waals surface area contributed by atoms with Gasteiger partial charge in [0.25, 0.3) is 0 Å². The van der Waals surface area contributed by atoms with Gasteiger partial charge in [-0.1, -0.05) is 35.9 Å². The number of phenolic OH excluding ortho intramolecular Hbond substituents is 1. The lowest BCUT2D eigenvalue weighted by atomic mass is 9.95. The zero-order valence-electron chi connectivity index (χ0n) is 21.6. The molecule has 5 rings (SSSR count). The molecule has 0 aliphatic carbocycles. The van der Waals surface area contributed by atoms with Crippen LogP contribution in [0.4, 0.5) is 10.2 Å². The molecule has 7 nitrogen and oxygen atoms in total. The first-order valence-corrected chi connectivity index (χ1v) is 13.3. The summed E-state index contributed by atoms with van der Waals surface area (Å²) in [5.74, 6) is 0.0760. The van der Waals surface area contributed by atoms with E-state index < -0.39 is 5.82 Å². The molecular formula is C29H32ClFN4O3. The van der Waals surface area contributed by atoms with E-state index in [0.29, 0.717) is 29.9 Å². The van der Waals surface area contributed by atoms with Crippen molar-refractivity contribution < 1.29 is 19.3 Å². The number of benzene rings is 3. The number of halogens is 2. The quantitative estimate of drug-likeness (QED) is 0.287. The molecule has 2 heterocycles. The first-order chi connectivity index (χ1) is 18.4. The summed E-state index contributed by atoms with van der Waals surface area (Å²) in [7, 11) is 3.98. The van der Waals surface area contributed by atoms with Crippen LogP contribution >= 0.6 is 11.6 Å². The maximum absolute atomic E-state index is 16.5. The van der Waals surface area contributed by atoms with Gasteiger partial charge in [0, 0.05) is 37.2 Å². The van der Waals surface area contributed by atoms with Crippen molar-refractivity contribution in [2.45, 2.75) is 19.3 Å². The molecule has 0 spiro atoms. The topological polar surface area (TPSA) is 82.0 Å². The molecular weight excluding hydrogens is 507 g/mol. The number of aliphatic hydroxyl groups is 1. The van der Waals surface area contributed by atoms with Gasteiger partial charge in [0.15, 0.2) is 5.82 Å². The van der Waals surface area contributed by atoms with Crippen LogP contribution < -0.4 is 9.64 Å². The molecule has 200 valence electrons. The lowest BCUT2D eigenvalue weighted by Gasteiger charge is -2.33. The van der Waals surface area contributed by atoms with Crippen molar-refractivity contribution in [3.63, 3.8) is 0 Å². The number of piperidine rings is 1. The predicted octanol–water partition coefficient (Wildman–Crippen LogP) is 5.49. The van der Waals surface area contributed by atoms with Gasteiger partial charge in [-0.15, -0.1) is 0 Å². The Balaban J connectivity index is 1.67. The zero-order chi connectivity index (χ0) is 26.8. The minimum Gasteiger partial charge on any atom is -0.508 e. The molecule has 0 amide bonds. The summed E-state index contributed by atoms with van der Waals surface area (Å²) in [5, 5.41) is 22.4. The first kappa shape index (κ1) is 26.4. The Kier molecular flexibility index (Phi) is 7.83. The molecule has 38 heavy (non-hydrogen) atoms. The Hall–Kier alpha value is -3.20. The van der Waals surface area contributed by atoms with E-state index in [2.05, 4.69) is 14.8 Å². The third kappa shape index (κ3) is 5.34. The fourth-order valence-electron chi connectivity index (χ4n) is 5.16. The molecule has 1 saturated heterocycles. The fraction of sp³-hybridized carbons (Fsp3) is 0.379. The number of hydrogen-bond acceptors (Lipinski definition) is 7. The summed E-state index contributed by atoms with van der Waals surface area (Å²) in [6, 6.07) is 12.4. The molecule has 0 bridgehead atoms. The van der Waals surface area contributed by atoms with Crippen LogP contribution in [0, 0.1) is 11.7 Å². The molecule has 0 unspecified atom stereocenters. The second kappa shape index (κ2) is 11.3. The maximum Gasteiger partial charge on any atom is 0.319 e. The summed E-state index contributed by atoms with van der Waals surface area (Å²) < 4.78 is 22.4. The number of phenols is 1.